The van der Waals surface area contributed by atoms with Crippen molar-refractivity contribution in [1.82, 2.24) is 0 Å². The topological polar surface area (TPSA) is 40.5 Å². The highest BCUT2D eigenvalue weighted by molar-refractivity contribution is 5.58. The van der Waals surface area contributed by atoms with Crippen molar-refractivity contribution in [2.75, 3.05) is 0 Å². The van der Waals surface area contributed by atoms with Crippen LogP contribution in [-0.4, -0.2) is 16.3 Å². The van der Waals surface area contributed by atoms with Crippen molar-refractivity contribution < 1.29 is 19.0 Å². The molecule has 0 unspecified atom stereocenters. The van der Waals surface area contributed by atoms with Crippen molar-refractivity contribution in [2.24, 2.45) is 0 Å². The van der Waals surface area contributed by atoms with Gasteiger partial charge in [-0.1, -0.05) is 12.2 Å². The molecule has 0 saturated heterocycles. The second-order valence-electron chi connectivity index (χ2n) is 3.19. The second kappa shape index (κ2) is 3.15. The third-order valence-corrected chi connectivity index (χ3v) is 2.24. The predicted octanol–water partition coefficient (Wildman–Crippen LogP) is 1.39. The van der Waals surface area contributed by atoms with Crippen molar-refractivity contribution in [3.63, 3.8) is 0 Å². The number of fused-ring (bicyclic) bond motifs is 1. The van der Waals surface area contributed by atoms with Crippen molar-refractivity contribution in [3.8, 4) is 0 Å². The number of benzene rings is 1. The fourth-order valence-electron chi connectivity index (χ4n) is 1.47. The minimum absolute atomic E-state index is 0.207. The lowest BCUT2D eigenvalue weighted by molar-refractivity contribution is 0.0467. The number of aliphatic hydroxyl groups excluding tert-OH is 2. The minimum atomic E-state index is -1.19. The Labute approximate surface area is 79.1 Å². The Kier molecular flexibility index (Phi) is 2.09. The third kappa shape index (κ3) is 1.32. The zero-order valence-corrected chi connectivity index (χ0v) is 7.11. The van der Waals surface area contributed by atoms with Crippen LogP contribution < -0.4 is 0 Å². The molecule has 1 aliphatic rings. The molecule has 2 N–H and O–H groups in total. The maximum Gasteiger partial charge on any atom is 0.159 e. The average molecular weight is 198 g/mol. The van der Waals surface area contributed by atoms with Gasteiger partial charge in [-0.25, -0.2) is 8.78 Å². The van der Waals surface area contributed by atoms with Crippen LogP contribution in [0.15, 0.2) is 18.2 Å². The van der Waals surface area contributed by atoms with Gasteiger partial charge in [-0.05, 0) is 23.3 Å². The maximum atomic E-state index is 12.8. The molecular formula is C10H8F2O2. The van der Waals surface area contributed by atoms with E-state index in [1.807, 2.05) is 0 Å². The van der Waals surface area contributed by atoms with Crippen LogP contribution in [0.1, 0.15) is 17.2 Å². The van der Waals surface area contributed by atoms with E-state index in [-0.39, 0.29) is 5.56 Å². The summed E-state index contributed by atoms with van der Waals surface area (Å²) in [5, 5.41) is 18.7. The van der Waals surface area contributed by atoms with Gasteiger partial charge >= 0.3 is 0 Å². The summed E-state index contributed by atoms with van der Waals surface area (Å²) in [6.07, 6.45) is 0.539. The Balaban J connectivity index is 2.58. The normalized spacial score (nSPS) is 24.9. The van der Waals surface area contributed by atoms with Crippen molar-refractivity contribution in [3.05, 3.63) is 41.0 Å². The molecule has 0 amide bonds. The number of aliphatic hydroxyl groups is 2. The van der Waals surface area contributed by atoms with E-state index in [4.69, 9.17) is 0 Å². The summed E-state index contributed by atoms with van der Waals surface area (Å²) < 4.78 is 25.6. The molecular weight excluding hydrogens is 190 g/mol. The highest BCUT2D eigenvalue weighted by atomic mass is 19.2. The third-order valence-electron chi connectivity index (χ3n) is 2.24. The molecule has 0 bridgehead atoms. The van der Waals surface area contributed by atoms with Gasteiger partial charge in [0, 0.05) is 0 Å². The SMILES string of the molecule is O[C@@H]1C=Cc2cc(F)c(F)cc2[C@H]1O. The molecule has 0 saturated carbocycles. The average Bonchev–Trinajstić information content (AvgIpc) is 2.15. The Hall–Kier alpha value is -1.26. The van der Waals surface area contributed by atoms with Gasteiger partial charge in [-0.15, -0.1) is 0 Å². The lowest BCUT2D eigenvalue weighted by atomic mass is 9.93. The van der Waals surface area contributed by atoms with Crippen LogP contribution in [0.25, 0.3) is 6.08 Å². The zero-order chi connectivity index (χ0) is 10.3. The summed E-state index contributed by atoms with van der Waals surface area (Å²) in [6, 6.07) is 1.90. The number of rotatable bonds is 0. The van der Waals surface area contributed by atoms with Crippen LogP contribution in [0.5, 0.6) is 0 Å². The molecule has 0 fully saturated rings. The van der Waals surface area contributed by atoms with Crippen molar-refractivity contribution in [2.45, 2.75) is 12.2 Å². The van der Waals surface area contributed by atoms with Crippen molar-refractivity contribution >= 4 is 6.08 Å². The molecule has 2 atom stereocenters. The van der Waals surface area contributed by atoms with Gasteiger partial charge in [-0.3, -0.25) is 0 Å². The molecule has 0 radical (unpaired) electrons. The van der Waals surface area contributed by atoms with Crippen LogP contribution >= 0.6 is 0 Å². The van der Waals surface area contributed by atoms with Crippen LogP contribution in [0.2, 0.25) is 0 Å². The Morgan fingerprint density at radius 3 is 2.43 bits per heavy atom. The van der Waals surface area contributed by atoms with E-state index in [1.54, 1.807) is 0 Å². The number of hydrogen-bond acceptors (Lipinski definition) is 2. The molecule has 0 spiro atoms. The summed E-state index contributed by atoms with van der Waals surface area (Å²) >= 11 is 0. The monoisotopic (exact) mass is 198 g/mol. The lowest BCUT2D eigenvalue weighted by Gasteiger charge is -2.21. The minimum Gasteiger partial charge on any atom is -0.386 e. The molecule has 1 aliphatic carbocycles. The van der Waals surface area contributed by atoms with E-state index in [9.17, 15) is 19.0 Å². The first kappa shape index (κ1) is 9.30. The van der Waals surface area contributed by atoms with Crippen LogP contribution in [0.3, 0.4) is 0 Å². The van der Waals surface area contributed by atoms with Crippen molar-refractivity contribution in [1.29, 1.82) is 0 Å². The van der Waals surface area contributed by atoms with E-state index in [1.165, 1.54) is 12.2 Å². The predicted molar refractivity (Wildman–Crippen MR) is 46.4 cm³/mol. The standard InChI is InChI=1S/C10H8F2O2/c11-7-3-5-1-2-9(13)10(14)6(5)4-8(7)12/h1-4,9-10,13-14H/t9-,10-/m1/s1. The molecule has 14 heavy (non-hydrogen) atoms. The molecule has 0 aliphatic heterocycles. The molecule has 0 heterocycles. The Morgan fingerprint density at radius 1 is 1.07 bits per heavy atom. The second-order valence-corrected chi connectivity index (χ2v) is 3.19. The fraction of sp³-hybridized carbons (Fsp3) is 0.200. The molecule has 1 aromatic carbocycles. The summed E-state index contributed by atoms with van der Waals surface area (Å²) in [7, 11) is 0. The molecule has 2 nitrogen and oxygen atoms in total. The maximum absolute atomic E-state index is 12.8. The number of halogens is 2. The van der Waals surface area contributed by atoms with E-state index in [2.05, 4.69) is 0 Å². The number of hydrogen-bond donors (Lipinski definition) is 2. The van der Waals surface area contributed by atoms with Gasteiger partial charge in [0.2, 0.25) is 0 Å². The summed E-state index contributed by atoms with van der Waals surface area (Å²) in [5.74, 6) is -1.98. The van der Waals surface area contributed by atoms with E-state index in [0.717, 1.165) is 12.1 Å². The highest BCUT2D eigenvalue weighted by Crippen LogP contribution is 2.29. The molecule has 4 heteroatoms. The van der Waals surface area contributed by atoms with Gasteiger partial charge in [0.05, 0.1) is 0 Å². The van der Waals surface area contributed by atoms with E-state index < -0.39 is 23.8 Å². The first-order chi connectivity index (χ1) is 6.59. The van der Waals surface area contributed by atoms with Gasteiger partial charge in [0.1, 0.15) is 12.2 Å². The Morgan fingerprint density at radius 2 is 1.71 bits per heavy atom. The van der Waals surface area contributed by atoms with Crippen LogP contribution in [0.4, 0.5) is 8.78 Å². The summed E-state index contributed by atoms with van der Waals surface area (Å²) in [5.41, 5.74) is 0.598. The van der Waals surface area contributed by atoms with Gasteiger partial charge in [-0.2, -0.15) is 0 Å². The first-order valence-corrected chi connectivity index (χ1v) is 4.13. The Bertz CT molecular complexity index is 401. The smallest absolute Gasteiger partial charge is 0.159 e. The molecule has 74 valence electrons. The molecule has 2 rings (SSSR count). The fourth-order valence-corrected chi connectivity index (χ4v) is 1.47. The largest absolute Gasteiger partial charge is 0.386 e. The summed E-state index contributed by atoms with van der Waals surface area (Å²) in [6.45, 7) is 0. The molecule has 1 aromatic rings. The first-order valence-electron chi connectivity index (χ1n) is 4.13. The van der Waals surface area contributed by atoms with Crippen LogP contribution in [0, 0.1) is 11.6 Å². The quantitative estimate of drug-likeness (QED) is 0.661. The van der Waals surface area contributed by atoms with Crippen LogP contribution in [-0.2, 0) is 0 Å². The van der Waals surface area contributed by atoms with Gasteiger partial charge < -0.3 is 10.2 Å². The van der Waals surface area contributed by atoms with E-state index in [0.29, 0.717) is 5.56 Å². The summed E-state index contributed by atoms with van der Waals surface area (Å²) in [4.78, 5) is 0. The molecule has 0 aromatic heterocycles. The highest BCUT2D eigenvalue weighted by Gasteiger charge is 2.23. The van der Waals surface area contributed by atoms with E-state index >= 15 is 0 Å². The van der Waals surface area contributed by atoms with Gasteiger partial charge in [0.25, 0.3) is 0 Å². The lowest BCUT2D eigenvalue weighted by Crippen LogP contribution is -2.19. The van der Waals surface area contributed by atoms with Gasteiger partial charge in [0.15, 0.2) is 11.6 Å². The zero-order valence-electron chi connectivity index (χ0n) is 7.11.